The molecule has 0 saturated heterocycles. The van der Waals surface area contributed by atoms with E-state index in [9.17, 15) is 22.4 Å². The Balaban J connectivity index is 0.00000193. The zero-order valence-corrected chi connectivity index (χ0v) is 16.2. The summed E-state index contributed by atoms with van der Waals surface area (Å²) in [4.78, 5) is 15.4. The fourth-order valence-corrected chi connectivity index (χ4v) is 3.33. The Morgan fingerprint density at radius 2 is 1.87 bits per heavy atom. The largest absolute Gasteiger partial charge is 0.416 e. The number of hydrogen-bond acceptors (Lipinski definition) is 2. The first-order valence-corrected chi connectivity index (χ1v) is 9.55. The summed E-state index contributed by atoms with van der Waals surface area (Å²) in [5.74, 6) is -1.34. The van der Waals surface area contributed by atoms with Crippen molar-refractivity contribution in [3.05, 3.63) is 83.0 Å². The number of fused-ring (bicyclic) bond motifs is 1. The van der Waals surface area contributed by atoms with Crippen molar-refractivity contribution >= 4 is 22.5 Å². The average molecular weight is 434 g/mol. The topological polar surface area (TPSA) is 54.1 Å². The number of carbonyl (C=O) groups excluding carboxylic acids is 1. The molecule has 1 aliphatic rings. The van der Waals surface area contributed by atoms with Crippen molar-refractivity contribution in [2.24, 2.45) is 5.92 Å². The number of H-pyrrole nitrogens is 1. The summed E-state index contributed by atoms with van der Waals surface area (Å²) in [6.45, 7) is 0.412. The SMILES string of the molecule is O=C(Nc1c[nH]c2ccc(COCc3ccc(C(F)(F)F)cc3)cc12)[C@H]1C=C=C(F)C1.[HH].[HH]. The van der Waals surface area contributed by atoms with E-state index in [1.165, 1.54) is 18.2 Å². The van der Waals surface area contributed by atoms with Gasteiger partial charge in [-0.1, -0.05) is 23.9 Å². The maximum absolute atomic E-state index is 13.2. The molecule has 0 bridgehead atoms. The third-order valence-corrected chi connectivity index (χ3v) is 5.00. The maximum atomic E-state index is 13.2. The Morgan fingerprint density at radius 3 is 2.55 bits per heavy atom. The van der Waals surface area contributed by atoms with Crippen LogP contribution in [0.5, 0.6) is 0 Å². The first-order chi connectivity index (χ1) is 14.8. The van der Waals surface area contributed by atoms with Crippen molar-refractivity contribution in [1.82, 2.24) is 4.98 Å². The molecule has 164 valence electrons. The molecule has 1 atom stereocenters. The van der Waals surface area contributed by atoms with Gasteiger partial charge in [-0.05, 0) is 41.5 Å². The summed E-state index contributed by atoms with van der Waals surface area (Å²) >= 11 is 0. The summed E-state index contributed by atoms with van der Waals surface area (Å²) in [5, 5.41) is 3.58. The fraction of sp³-hybridized carbons (Fsp3) is 0.217. The van der Waals surface area contributed by atoms with Crippen LogP contribution in [0, 0.1) is 5.92 Å². The molecule has 1 heterocycles. The Kier molecular flexibility index (Phi) is 5.67. The average Bonchev–Trinajstić information content (AvgIpc) is 3.34. The van der Waals surface area contributed by atoms with Crippen molar-refractivity contribution < 1.29 is 29.9 Å². The van der Waals surface area contributed by atoms with Crippen LogP contribution >= 0.6 is 0 Å². The number of ether oxygens (including phenoxy) is 1. The van der Waals surface area contributed by atoms with Gasteiger partial charge in [0.1, 0.15) is 5.83 Å². The van der Waals surface area contributed by atoms with E-state index < -0.39 is 23.5 Å². The molecule has 3 aromatic rings. The van der Waals surface area contributed by atoms with Gasteiger partial charge in [-0.15, -0.1) is 0 Å². The normalized spacial score (nSPS) is 16.0. The van der Waals surface area contributed by atoms with Gasteiger partial charge in [-0.3, -0.25) is 4.79 Å². The number of carbonyl (C=O) groups is 1. The second-order valence-corrected chi connectivity index (χ2v) is 7.29. The molecule has 1 aliphatic carbocycles. The molecular formula is C23H22F4N2O2. The predicted molar refractivity (Wildman–Crippen MR) is 112 cm³/mol. The highest BCUT2D eigenvalue weighted by Crippen LogP contribution is 2.30. The Bertz CT molecular complexity index is 1180. The lowest BCUT2D eigenvalue weighted by Gasteiger charge is -2.10. The molecule has 0 fully saturated rings. The van der Waals surface area contributed by atoms with E-state index in [0.29, 0.717) is 11.3 Å². The number of benzene rings is 2. The van der Waals surface area contributed by atoms with Crippen molar-refractivity contribution in [2.45, 2.75) is 25.8 Å². The minimum atomic E-state index is -4.36. The van der Waals surface area contributed by atoms with E-state index in [1.54, 1.807) is 6.20 Å². The van der Waals surface area contributed by atoms with Crippen LogP contribution in [-0.2, 0) is 28.9 Å². The van der Waals surface area contributed by atoms with E-state index >= 15 is 0 Å². The lowest BCUT2D eigenvalue weighted by molar-refractivity contribution is -0.137. The quantitative estimate of drug-likeness (QED) is 0.350. The van der Waals surface area contributed by atoms with E-state index in [4.69, 9.17) is 4.74 Å². The molecule has 4 nitrogen and oxygen atoms in total. The summed E-state index contributed by atoms with van der Waals surface area (Å²) < 4.78 is 56.7. The number of halogens is 4. The van der Waals surface area contributed by atoms with Gasteiger partial charge in [0.25, 0.3) is 0 Å². The number of hydrogen-bond donors (Lipinski definition) is 2. The van der Waals surface area contributed by atoms with Gasteiger partial charge in [0.05, 0.1) is 30.4 Å². The molecule has 0 radical (unpaired) electrons. The third kappa shape index (κ3) is 4.87. The molecule has 1 amide bonds. The third-order valence-electron chi connectivity index (χ3n) is 5.00. The standard InChI is InChI=1S/C23H18F4N2O2.2H2/c24-18-7-4-16(10-18)22(30)29-21-11-28-20-8-3-15(9-19(20)21)13-31-12-14-1-5-17(6-2-14)23(25,26)27;;/h1-6,8-9,11,16,28H,10,12-13H2,(H,29,30);2*1H/t16-;;/m0../s1. The lowest BCUT2D eigenvalue weighted by Crippen LogP contribution is -2.19. The number of rotatable bonds is 6. The van der Waals surface area contributed by atoms with Crippen LogP contribution in [0.3, 0.4) is 0 Å². The molecule has 1 aromatic heterocycles. The van der Waals surface area contributed by atoms with Gasteiger partial charge in [-0.25, -0.2) is 4.39 Å². The van der Waals surface area contributed by atoms with Crippen LogP contribution in [-0.4, -0.2) is 10.9 Å². The lowest BCUT2D eigenvalue weighted by atomic mass is 10.1. The minimum Gasteiger partial charge on any atom is -0.372 e. The fourth-order valence-electron chi connectivity index (χ4n) is 3.33. The van der Waals surface area contributed by atoms with Crippen LogP contribution in [0.15, 0.2) is 66.3 Å². The second kappa shape index (κ2) is 8.41. The Morgan fingerprint density at radius 1 is 1.16 bits per heavy atom. The van der Waals surface area contributed by atoms with Gasteiger partial charge in [0.15, 0.2) is 0 Å². The highest BCUT2D eigenvalue weighted by molar-refractivity contribution is 6.03. The van der Waals surface area contributed by atoms with E-state index in [-0.39, 0.29) is 28.4 Å². The Hall–Kier alpha value is -3.35. The smallest absolute Gasteiger partial charge is 0.372 e. The van der Waals surface area contributed by atoms with Gasteiger partial charge < -0.3 is 15.0 Å². The van der Waals surface area contributed by atoms with Crippen molar-refractivity contribution in [1.29, 1.82) is 0 Å². The molecule has 2 aromatic carbocycles. The zero-order chi connectivity index (χ0) is 22.0. The van der Waals surface area contributed by atoms with Crippen LogP contribution in [0.1, 0.15) is 26.0 Å². The van der Waals surface area contributed by atoms with Crippen molar-refractivity contribution in [3.63, 3.8) is 0 Å². The molecule has 0 unspecified atom stereocenters. The first-order valence-electron chi connectivity index (χ1n) is 9.55. The first kappa shape index (κ1) is 20.9. The monoisotopic (exact) mass is 434 g/mol. The van der Waals surface area contributed by atoms with E-state index in [0.717, 1.165) is 28.6 Å². The number of alkyl halides is 3. The molecule has 8 heteroatoms. The summed E-state index contributed by atoms with van der Waals surface area (Å²) in [5.41, 5.74) is 4.57. The molecular weight excluding hydrogens is 412 g/mol. The molecule has 0 saturated carbocycles. The van der Waals surface area contributed by atoms with Crippen molar-refractivity contribution in [3.8, 4) is 0 Å². The zero-order valence-electron chi connectivity index (χ0n) is 16.2. The highest BCUT2D eigenvalue weighted by atomic mass is 19.4. The highest BCUT2D eigenvalue weighted by Gasteiger charge is 2.29. The number of aromatic nitrogens is 1. The summed E-state index contributed by atoms with van der Waals surface area (Å²) in [7, 11) is 0. The maximum Gasteiger partial charge on any atom is 0.416 e. The van der Waals surface area contributed by atoms with Crippen LogP contribution in [0.2, 0.25) is 0 Å². The molecule has 2 N–H and O–H groups in total. The molecule has 0 aliphatic heterocycles. The molecule has 31 heavy (non-hydrogen) atoms. The Labute approximate surface area is 178 Å². The van der Waals surface area contributed by atoms with Crippen molar-refractivity contribution in [2.75, 3.05) is 5.32 Å². The molecule has 4 rings (SSSR count). The van der Waals surface area contributed by atoms with Crippen LogP contribution in [0.4, 0.5) is 23.2 Å². The van der Waals surface area contributed by atoms with Crippen LogP contribution in [0.25, 0.3) is 10.9 Å². The molecule has 0 spiro atoms. The van der Waals surface area contributed by atoms with E-state index in [1.807, 2.05) is 18.2 Å². The van der Waals surface area contributed by atoms with Gasteiger partial charge >= 0.3 is 6.18 Å². The number of amides is 1. The van der Waals surface area contributed by atoms with Crippen LogP contribution < -0.4 is 5.32 Å². The van der Waals surface area contributed by atoms with E-state index in [2.05, 4.69) is 16.0 Å². The summed E-state index contributed by atoms with van der Waals surface area (Å²) in [6, 6.07) is 10.4. The summed E-state index contributed by atoms with van der Waals surface area (Å²) in [6.07, 6.45) is -1.27. The van der Waals surface area contributed by atoms with Gasteiger partial charge in [-0.2, -0.15) is 13.2 Å². The van der Waals surface area contributed by atoms with Gasteiger partial charge in [0, 0.05) is 26.4 Å². The number of nitrogens with one attached hydrogen (secondary N) is 2. The van der Waals surface area contributed by atoms with Gasteiger partial charge in [0.2, 0.25) is 5.91 Å². The predicted octanol–water partition coefficient (Wildman–Crippen LogP) is 6.36. The number of anilines is 1. The second-order valence-electron chi connectivity index (χ2n) is 7.29. The number of aromatic amines is 1. The minimum absolute atomic E-state index is 0.